The van der Waals surface area contributed by atoms with Gasteiger partial charge in [-0.2, -0.15) is 0 Å². The van der Waals surface area contributed by atoms with Crippen LogP contribution in [0.25, 0.3) is 0 Å². The Morgan fingerprint density at radius 2 is 1.14 bits per heavy atom. The predicted octanol–water partition coefficient (Wildman–Crippen LogP) is 4.77. The molecule has 0 aliphatic carbocycles. The second-order valence-electron chi connectivity index (χ2n) is 11.0. The molecule has 0 rings (SSSR count). The first kappa shape index (κ1) is 34.3. The van der Waals surface area contributed by atoms with Crippen LogP contribution in [0.5, 0.6) is 0 Å². The van der Waals surface area contributed by atoms with Gasteiger partial charge >= 0.3 is 5.97 Å². The Balaban J connectivity index is 3.81. The largest absolute Gasteiger partial charge is 0.465 e. The Hall–Kier alpha value is -0.730. The van der Waals surface area contributed by atoms with Crippen LogP contribution in [0.1, 0.15) is 117 Å². The lowest BCUT2D eigenvalue weighted by Crippen LogP contribution is -2.44. The van der Waals surface area contributed by atoms with Crippen LogP contribution >= 0.6 is 0 Å². The molecule has 1 atom stereocenters. The molecule has 0 heterocycles. The molecule has 0 amide bonds. The zero-order chi connectivity index (χ0) is 26.4. The highest BCUT2D eigenvalue weighted by Crippen LogP contribution is 2.21. The topological polar surface area (TPSA) is 116 Å². The van der Waals surface area contributed by atoms with Crippen molar-refractivity contribution in [1.82, 2.24) is 0 Å². The zero-order valence-corrected chi connectivity index (χ0v) is 22.9. The first-order chi connectivity index (χ1) is 16.7. The van der Waals surface area contributed by atoms with Gasteiger partial charge in [0.15, 0.2) is 0 Å². The minimum atomic E-state index is -1.35. The summed E-state index contributed by atoms with van der Waals surface area (Å²) in [5.41, 5.74) is -2.48. The number of ether oxygens (including phenoxy) is 2. The Morgan fingerprint density at radius 3 is 1.54 bits per heavy atom. The molecular weight excluding hydrogens is 448 g/mol. The van der Waals surface area contributed by atoms with Gasteiger partial charge in [0.1, 0.15) is 12.2 Å². The molecule has 7 nitrogen and oxygen atoms in total. The highest BCUT2D eigenvalue weighted by molar-refractivity contribution is 5.65. The molecule has 0 bridgehead atoms. The molecule has 0 aliphatic rings. The van der Waals surface area contributed by atoms with Gasteiger partial charge in [-0.15, -0.1) is 0 Å². The number of rotatable bonds is 25. The molecule has 210 valence electrons. The molecule has 0 spiro atoms. The third-order valence-corrected chi connectivity index (χ3v) is 6.75. The summed E-state index contributed by atoms with van der Waals surface area (Å²) in [7, 11) is 0. The molecule has 0 saturated carbocycles. The van der Waals surface area contributed by atoms with E-state index >= 15 is 0 Å². The number of aliphatic hydroxyl groups excluding tert-OH is 3. The number of hydrogen-bond acceptors (Lipinski definition) is 7. The van der Waals surface area contributed by atoms with Crippen LogP contribution in [0.3, 0.4) is 0 Å². The van der Waals surface area contributed by atoms with Crippen molar-refractivity contribution < 1.29 is 34.7 Å². The third-order valence-electron chi connectivity index (χ3n) is 6.75. The lowest BCUT2D eigenvalue weighted by molar-refractivity contribution is -0.153. The fourth-order valence-corrected chi connectivity index (χ4v) is 4.13. The minimum absolute atomic E-state index is 0.0896. The summed E-state index contributed by atoms with van der Waals surface area (Å²) in [6.45, 7) is 4.21. The van der Waals surface area contributed by atoms with Crippen molar-refractivity contribution >= 4 is 5.97 Å². The Bertz CT molecular complexity index is 494. The summed E-state index contributed by atoms with van der Waals surface area (Å²) in [6.07, 6.45) is 18.1. The average molecular weight is 505 g/mol. The van der Waals surface area contributed by atoms with Crippen molar-refractivity contribution in [3.8, 4) is 0 Å². The average Bonchev–Trinajstić information content (AvgIpc) is 2.83. The molecule has 35 heavy (non-hydrogen) atoms. The van der Waals surface area contributed by atoms with Gasteiger partial charge in [0.05, 0.1) is 38.4 Å². The van der Waals surface area contributed by atoms with Crippen LogP contribution in [0.4, 0.5) is 0 Å². The number of unbranched alkanes of at least 4 members (excludes halogenated alkanes) is 12. The maximum absolute atomic E-state index is 11.0. The number of carbonyl (C=O) groups excluding carboxylic acids is 1. The predicted molar refractivity (Wildman–Crippen MR) is 140 cm³/mol. The van der Waals surface area contributed by atoms with Crippen LogP contribution in [0.15, 0.2) is 0 Å². The van der Waals surface area contributed by atoms with E-state index in [0.29, 0.717) is 6.42 Å². The zero-order valence-electron chi connectivity index (χ0n) is 22.9. The highest BCUT2D eigenvalue weighted by atomic mass is 16.5. The maximum atomic E-state index is 11.0. The Kier molecular flexibility index (Phi) is 20.9. The van der Waals surface area contributed by atoms with E-state index in [4.69, 9.17) is 9.47 Å². The summed E-state index contributed by atoms with van der Waals surface area (Å²) < 4.78 is 10.4. The third kappa shape index (κ3) is 19.1. The lowest BCUT2D eigenvalue weighted by atomic mass is 9.92. The van der Waals surface area contributed by atoms with Gasteiger partial charge in [-0.05, 0) is 12.3 Å². The molecule has 0 saturated heterocycles. The Morgan fingerprint density at radius 1 is 0.686 bits per heavy atom. The SMILES string of the molecule is CC(=O)OCC(CO)(CO)COCC(O)(CO)CCCCCCCCCCCCCCCC(C)C. The standard InChI is InChI=1S/C28H56O7/c1-25(2)17-15-13-11-9-7-5-4-6-8-10-12-14-16-18-28(33,21-31)24-34-22-27(19-29,20-30)23-35-26(3)32/h25,29-31,33H,4-24H2,1-3H3. The van der Waals surface area contributed by atoms with Crippen molar-refractivity contribution in [2.75, 3.05) is 39.6 Å². The van der Waals surface area contributed by atoms with Crippen LogP contribution in [-0.4, -0.2) is 71.6 Å². The van der Waals surface area contributed by atoms with E-state index < -0.39 is 36.8 Å². The first-order valence-corrected chi connectivity index (χ1v) is 14.0. The molecular formula is C28H56O7. The monoisotopic (exact) mass is 504 g/mol. The van der Waals surface area contributed by atoms with E-state index in [-0.39, 0.29) is 19.8 Å². The van der Waals surface area contributed by atoms with Crippen LogP contribution in [-0.2, 0) is 14.3 Å². The Labute approximate surface area is 214 Å². The number of carbonyl (C=O) groups is 1. The van der Waals surface area contributed by atoms with Gasteiger partial charge in [0.25, 0.3) is 0 Å². The second kappa shape index (κ2) is 21.4. The van der Waals surface area contributed by atoms with Crippen molar-refractivity contribution in [2.24, 2.45) is 11.3 Å². The smallest absolute Gasteiger partial charge is 0.302 e. The van der Waals surface area contributed by atoms with Gasteiger partial charge in [0, 0.05) is 6.92 Å². The van der Waals surface area contributed by atoms with E-state index in [1.807, 2.05) is 0 Å². The van der Waals surface area contributed by atoms with Crippen molar-refractivity contribution in [1.29, 1.82) is 0 Å². The molecule has 0 aromatic rings. The fourth-order valence-electron chi connectivity index (χ4n) is 4.13. The summed E-state index contributed by atoms with van der Waals surface area (Å²) >= 11 is 0. The van der Waals surface area contributed by atoms with E-state index in [0.717, 1.165) is 25.2 Å². The van der Waals surface area contributed by atoms with Crippen molar-refractivity contribution in [2.45, 2.75) is 123 Å². The maximum Gasteiger partial charge on any atom is 0.302 e. The van der Waals surface area contributed by atoms with Gasteiger partial charge in [-0.1, -0.05) is 104 Å². The number of esters is 1. The molecule has 4 N–H and O–H groups in total. The van der Waals surface area contributed by atoms with E-state index in [1.165, 1.54) is 77.6 Å². The first-order valence-electron chi connectivity index (χ1n) is 14.0. The summed E-state index contributed by atoms with van der Waals surface area (Å²) in [4.78, 5) is 11.0. The van der Waals surface area contributed by atoms with E-state index in [1.54, 1.807) is 0 Å². The number of hydrogen-bond donors (Lipinski definition) is 4. The fraction of sp³-hybridized carbons (Fsp3) is 0.964. The second-order valence-corrected chi connectivity index (χ2v) is 11.0. The summed E-state index contributed by atoms with van der Waals surface area (Å²) in [5, 5.41) is 39.4. The summed E-state index contributed by atoms with van der Waals surface area (Å²) in [5.74, 6) is 0.327. The molecule has 0 radical (unpaired) electrons. The highest BCUT2D eigenvalue weighted by Gasteiger charge is 2.33. The normalized spacial score (nSPS) is 13.8. The van der Waals surface area contributed by atoms with Crippen LogP contribution in [0.2, 0.25) is 0 Å². The molecule has 0 aromatic carbocycles. The quantitative estimate of drug-likeness (QED) is 0.105. The van der Waals surface area contributed by atoms with Gasteiger partial charge in [-0.25, -0.2) is 0 Å². The van der Waals surface area contributed by atoms with Gasteiger partial charge < -0.3 is 29.9 Å². The van der Waals surface area contributed by atoms with Gasteiger partial charge in [-0.3, -0.25) is 4.79 Å². The van der Waals surface area contributed by atoms with E-state index in [2.05, 4.69) is 13.8 Å². The molecule has 0 aromatic heterocycles. The molecule has 1 unspecified atom stereocenters. The van der Waals surface area contributed by atoms with Crippen LogP contribution in [0, 0.1) is 11.3 Å². The molecule has 0 aliphatic heterocycles. The van der Waals surface area contributed by atoms with Crippen molar-refractivity contribution in [3.63, 3.8) is 0 Å². The van der Waals surface area contributed by atoms with E-state index in [9.17, 15) is 25.2 Å². The summed E-state index contributed by atoms with van der Waals surface area (Å²) in [6, 6.07) is 0. The minimum Gasteiger partial charge on any atom is -0.465 e. The van der Waals surface area contributed by atoms with Crippen molar-refractivity contribution in [3.05, 3.63) is 0 Å². The number of aliphatic hydroxyl groups is 4. The molecule has 7 heteroatoms. The lowest BCUT2D eigenvalue weighted by Gasteiger charge is -2.31. The van der Waals surface area contributed by atoms with Crippen LogP contribution < -0.4 is 0 Å². The van der Waals surface area contributed by atoms with Gasteiger partial charge in [0.2, 0.25) is 0 Å². The molecule has 0 fully saturated rings.